The maximum absolute atomic E-state index is 12.3. The summed E-state index contributed by atoms with van der Waals surface area (Å²) in [7, 11) is 0. The summed E-state index contributed by atoms with van der Waals surface area (Å²) < 4.78 is 11.3. The third-order valence-corrected chi connectivity index (χ3v) is 5.59. The van der Waals surface area contributed by atoms with E-state index in [1.54, 1.807) is 11.5 Å². The van der Waals surface area contributed by atoms with Gasteiger partial charge >= 0.3 is 6.09 Å². The van der Waals surface area contributed by atoms with Crippen LogP contribution in [-0.4, -0.2) is 28.5 Å². The number of ether oxygens (including phenoxy) is 1. The van der Waals surface area contributed by atoms with Gasteiger partial charge in [-0.25, -0.2) is 4.79 Å². The van der Waals surface area contributed by atoms with Crippen LogP contribution in [0.15, 0.2) is 54.6 Å². The summed E-state index contributed by atoms with van der Waals surface area (Å²) in [6.45, 7) is 1.78. The molecule has 1 aromatic heterocycles. The van der Waals surface area contributed by atoms with Gasteiger partial charge in [-0.3, -0.25) is 0 Å². The minimum Gasteiger partial charge on any atom is -0.445 e. The van der Waals surface area contributed by atoms with Crippen LogP contribution in [0.25, 0.3) is 10.1 Å². The smallest absolute Gasteiger partial charge is 0.410 e. The standard InChI is InChI=1S/C20H20N2O2S/c23-20(24-14-15-6-2-1-3-7-15)22-12-10-16(11-13-22)19-17-8-4-5-9-18(17)25-21-19/h1-9,16H,10-14H2. The van der Waals surface area contributed by atoms with E-state index in [0.717, 1.165) is 31.5 Å². The largest absolute Gasteiger partial charge is 0.445 e. The third-order valence-electron chi connectivity index (χ3n) is 4.75. The van der Waals surface area contributed by atoms with Crippen molar-refractivity contribution in [1.29, 1.82) is 0 Å². The lowest BCUT2D eigenvalue weighted by Crippen LogP contribution is -2.38. The molecule has 1 aliphatic rings. The summed E-state index contributed by atoms with van der Waals surface area (Å²) in [5.41, 5.74) is 2.21. The van der Waals surface area contributed by atoms with Gasteiger partial charge in [0, 0.05) is 24.4 Å². The molecule has 128 valence electrons. The van der Waals surface area contributed by atoms with Crippen molar-refractivity contribution < 1.29 is 9.53 Å². The monoisotopic (exact) mass is 352 g/mol. The molecule has 2 aromatic carbocycles. The lowest BCUT2D eigenvalue weighted by Gasteiger charge is -2.30. The molecule has 1 amide bonds. The Bertz CT molecular complexity index is 854. The topological polar surface area (TPSA) is 42.4 Å². The van der Waals surface area contributed by atoms with Crippen LogP contribution < -0.4 is 0 Å². The van der Waals surface area contributed by atoms with E-state index in [4.69, 9.17) is 4.74 Å². The van der Waals surface area contributed by atoms with Crippen molar-refractivity contribution >= 4 is 27.7 Å². The molecule has 0 atom stereocenters. The second-order valence-electron chi connectivity index (χ2n) is 6.37. The number of piperidine rings is 1. The predicted octanol–water partition coefficient (Wildman–Crippen LogP) is 4.81. The molecule has 4 nitrogen and oxygen atoms in total. The summed E-state index contributed by atoms with van der Waals surface area (Å²) in [4.78, 5) is 14.1. The highest BCUT2D eigenvalue weighted by Gasteiger charge is 2.27. The molecule has 5 heteroatoms. The normalized spacial score (nSPS) is 15.4. The van der Waals surface area contributed by atoms with Crippen molar-refractivity contribution in [2.75, 3.05) is 13.1 Å². The van der Waals surface area contributed by atoms with Gasteiger partial charge in [-0.15, -0.1) is 0 Å². The highest BCUT2D eigenvalue weighted by Crippen LogP contribution is 2.34. The summed E-state index contributed by atoms with van der Waals surface area (Å²) in [6, 6.07) is 18.2. The van der Waals surface area contributed by atoms with Crippen LogP contribution in [0.4, 0.5) is 4.79 Å². The van der Waals surface area contributed by atoms with Gasteiger partial charge in [-0.2, -0.15) is 4.37 Å². The van der Waals surface area contributed by atoms with Crippen molar-refractivity contribution in [3.63, 3.8) is 0 Å². The molecule has 0 spiro atoms. The number of carbonyl (C=O) groups is 1. The zero-order chi connectivity index (χ0) is 17.1. The molecule has 25 heavy (non-hydrogen) atoms. The first-order valence-corrected chi connectivity index (χ1v) is 9.38. The number of aromatic nitrogens is 1. The Kier molecular flexibility index (Phi) is 4.65. The Morgan fingerprint density at radius 1 is 1.08 bits per heavy atom. The number of carbonyl (C=O) groups excluding carboxylic acids is 1. The number of fused-ring (bicyclic) bond motifs is 1. The molecule has 0 saturated carbocycles. The number of benzene rings is 2. The highest BCUT2D eigenvalue weighted by atomic mass is 32.1. The molecule has 0 bridgehead atoms. The summed E-state index contributed by atoms with van der Waals surface area (Å²) in [6.07, 6.45) is 1.66. The Balaban J connectivity index is 1.34. The SMILES string of the molecule is O=C(OCc1ccccc1)N1CCC(c2nsc3ccccc23)CC1. The average molecular weight is 352 g/mol. The third kappa shape index (κ3) is 3.51. The van der Waals surface area contributed by atoms with Crippen LogP contribution in [0.2, 0.25) is 0 Å². The second kappa shape index (κ2) is 7.23. The number of hydrogen-bond donors (Lipinski definition) is 0. The molecule has 4 rings (SSSR count). The maximum atomic E-state index is 12.3. The van der Waals surface area contributed by atoms with E-state index in [-0.39, 0.29) is 6.09 Å². The minimum absolute atomic E-state index is 0.217. The molecule has 0 unspecified atom stereocenters. The van der Waals surface area contributed by atoms with Gasteiger partial charge in [-0.05, 0) is 36.0 Å². The fourth-order valence-corrected chi connectivity index (χ4v) is 4.20. The van der Waals surface area contributed by atoms with E-state index < -0.39 is 0 Å². The lowest BCUT2D eigenvalue weighted by atomic mass is 9.92. The van der Waals surface area contributed by atoms with Crippen molar-refractivity contribution in [3.8, 4) is 0 Å². The minimum atomic E-state index is -0.217. The quantitative estimate of drug-likeness (QED) is 0.679. The molecule has 1 fully saturated rings. The van der Waals surface area contributed by atoms with Crippen molar-refractivity contribution in [1.82, 2.24) is 9.27 Å². The van der Waals surface area contributed by atoms with Crippen molar-refractivity contribution in [2.24, 2.45) is 0 Å². The Morgan fingerprint density at radius 3 is 2.60 bits per heavy atom. The molecule has 0 radical (unpaired) electrons. The summed E-state index contributed by atoms with van der Waals surface area (Å²) in [5.74, 6) is 0.425. The second-order valence-corrected chi connectivity index (χ2v) is 7.17. The van der Waals surface area contributed by atoms with Crippen LogP contribution in [0.5, 0.6) is 0 Å². The van der Waals surface area contributed by atoms with Gasteiger partial charge in [0.15, 0.2) is 0 Å². The summed E-state index contributed by atoms with van der Waals surface area (Å²) in [5, 5.41) is 1.26. The number of amides is 1. The van der Waals surface area contributed by atoms with E-state index in [9.17, 15) is 4.79 Å². The van der Waals surface area contributed by atoms with Crippen LogP contribution in [0.1, 0.15) is 30.0 Å². The van der Waals surface area contributed by atoms with Gasteiger partial charge in [-0.1, -0.05) is 48.5 Å². The molecular formula is C20H20N2O2S. The molecule has 2 heterocycles. The number of rotatable bonds is 3. The Labute approximate surface area is 151 Å². The van der Waals surface area contributed by atoms with Crippen molar-refractivity contribution in [2.45, 2.75) is 25.4 Å². The van der Waals surface area contributed by atoms with Crippen LogP contribution in [-0.2, 0) is 11.3 Å². The summed E-state index contributed by atoms with van der Waals surface area (Å²) >= 11 is 1.57. The van der Waals surface area contributed by atoms with E-state index >= 15 is 0 Å². The van der Waals surface area contributed by atoms with Gasteiger partial charge in [0.05, 0.1) is 10.4 Å². The van der Waals surface area contributed by atoms with Gasteiger partial charge in [0.2, 0.25) is 0 Å². The van der Waals surface area contributed by atoms with E-state index in [2.05, 4.69) is 28.6 Å². The molecule has 0 N–H and O–H groups in total. The first-order valence-electron chi connectivity index (χ1n) is 8.61. The Hall–Kier alpha value is -2.40. The maximum Gasteiger partial charge on any atom is 0.410 e. The Morgan fingerprint density at radius 2 is 1.80 bits per heavy atom. The fraction of sp³-hybridized carbons (Fsp3) is 0.300. The first-order chi connectivity index (χ1) is 12.3. The van der Waals surface area contributed by atoms with E-state index in [0.29, 0.717) is 12.5 Å². The van der Waals surface area contributed by atoms with E-state index in [1.807, 2.05) is 35.2 Å². The van der Waals surface area contributed by atoms with Gasteiger partial charge in [0.1, 0.15) is 6.61 Å². The van der Waals surface area contributed by atoms with Gasteiger partial charge in [0.25, 0.3) is 0 Å². The van der Waals surface area contributed by atoms with Crippen LogP contribution >= 0.6 is 11.5 Å². The molecule has 3 aromatic rings. The predicted molar refractivity (Wildman–Crippen MR) is 99.8 cm³/mol. The van der Waals surface area contributed by atoms with Crippen LogP contribution in [0.3, 0.4) is 0 Å². The molecule has 1 saturated heterocycles. The zero-order valence-electron chi connectivity index (χ0n) is 13.9. The fourth-order valence-electron chi connectivity index (χ4n) is 3.35. The number of likely N-dealkylation sites (tertiary alicyclic amines) is 1. The van der Waals surface area contributed by atoms with Gasteiger partial charge < -0.3 is 9.64 Å². The average Bonchev–Trinajstić information content (AvgIpc) is 3.11. The molecule has 0 aliphatic carbocycles. The van der Waals surface area contributed by atoms with Crippen LogP contribution in [0, 0.1) is 0 Å². The van der Waals surface area contributed by atoms with Crippen molar-refractivity contribution in [3.05, 3.63) is 65.9 Å². The first kappa shape index (κ1) is 16.1. The van der Waals surface area contributed by atoms with E-state index in [1.165, 1.54) is 15.8 Å². The lowest BCUT2D eigenvalue weighted by molar-refractivity contribution is 0.0869. The highest BCUT2D eigenvalue weighted by molar-refractivity contribution is 7.13. The zero-order valence-corrected chi connectivity index (χ0v) is 14.7. The molecular weight excluding hydrogens is 332 g/mol. The molecule has 1 aliphatic heterocycles. The number of nitrogens with zero attached hydrogens (tertiary/aromatic N) is 2. The number of hydrogen-bond acceptors (Lipinski definition) is 4.